The SMILES string of the molecule is Cc1cccc(C)c1/C=c1\ccc2c(c1)Oc1cc(Cc3c(C)cccc3C)ccc1C=2c1ccccc1S(=O)(=O)[C-](C)S(=O)(=O)C(F)(F)F.FC(F)F. The number of aryl methyl sites for hydroxylation is 4. The van der Waals surface area contributed by atoms with Gasteiger partial charge in [0.2, 0.25) is 0 Å². The smallest absolute Gasteiger partial charge is 0.456 e. The third kappa shape index (κ3) is 8.12. The van der Waals surface area contributed by atoms with Gasteiger partial charge in [-0.25, -0.2) is 0 Å². The number of hydrogen-bond acceptors (Lipinski definition) is 5. The van der Waals surface area contributed by atoms with Crippen molar-refractivity contribution in [2.45, 2.75) is 58.1 Å². The number of rotatable bonds is 7. The zero-order valence-electron chi connectivity index (χ0n) is 29.7. The van der Waals surface area contributed by atoms with E-state index in [0.717, 1.165) is 50.2 Å². The number of sulfone groups is 2. The average Bonchev–Trinajstić information content (AvgIpc) is 3.09. The Hall–Kier alpha value is -4.88. The summed E-state index contributed by atoms with van der Waals surface area (Å²) >= 11 is 0. The van der Waals surface area contributed by atoms with Gasteiger partial charge in [-0.15, -0.1) is 0 Å². The average molecular weight is 786 g/mol. The highest BCUT2D eigenvalue weighted by molar-refractivity contribution is 8.13. The quantitative estimate of drug-likeness (QED) is 0.119. The lowest BCUT2D eigenvalue weighted by molar-refractivity contribution is -0.0430. The van der Waals surface area contributed by atoms with E-state index < -0.39 is 41.3 Å². The number of alkyl halides is 6. The van der Waals surface area contributed by atoms with Crippen LogP contribution in [-0.4, -0.2) is 29.0 Å². The minimum atomic E-state index is -6.15. The Morgan fingerprint density at radius 3 is 1.87 bits per heavy atom. The number of fused-ring (bicyclic) bond motifs is 2. The van der Waals surface area contributed by atoms with Crippen LogP contribution in [0, 0.1) is 32.3 Å². The summed E-state index contributed by atoms with van der Waals surface area (Å²) in [5.74, 6) is 0.837. The molecule has 1 aliphatic rings. The Kier molecular flexibility index (Phi) is 11.5. The standard InChI is InChI=1S/C40H34F3O5S2.CHF3/c1-24-10-8-11-25(2)34(24)20-29-16-18-31-36(22-29)48-37-23-30(21-35-26(3)12-9-13-27(35)4)17-19-32(37)39(31)33-14-6-7-15-38(33)49(44,45)28(5)50(46,47)40(41,42)43;2-1(3)4/h6-20,22-23H,21H2,1-5H3;1H/q-1;/b29-20+;. The maximum absolute atomic E-state index is 13.8. The maximum Gasteiger partial charge on any atom is 0.469 e. The van der Waals surface area contributed by atoms with Crippen LogP contribution in [0.15, 0.2) is 102 Å². The van der Waals surface area contributed by atoms with Crippen LogP contribution in [-0.2, 0) is 26.1 Å². The molecule has 0 aliphatic carbocycles. The van der Waals surface area contributed by atoms with Gasteiger partial charge in [0.15, 0.2) is 0 Å². The van der Waals surface area contributed by atoms with Crippen molar-refractivity contribution >= 4 is 31.3 Å². The van der Waals surface area contributed by atoms with Gasteiger partial charge in [0.25, 0.3) is 0 Å². The normalized spacial score (nSPS) is 13.3. The third-order valence-corrected chi connectivity index (χ3v) is 13.6. The fraction of sp³-hybridized carbons (Fsp3) is 0.195. The number of halogens is 6. The number of benzene rings is 5. The first kappa shape index (κ1) is 40.3. The van der Waals surface area contributed by atoms with Crippen LogP contribution < -0.4 is 15.2 Å². The Balaban J connectivity index is 0.00000133. The van der Waals surface area contributed by atoms with E-state index in [0.29, 0.717) is 41.2 Å². The number of hydrogen-bond donors (Lipinski definition) is 0. The van der Waals surface area contributed by atoms with Crippen molar-refractivity contribution in [3.05, 3.63) is 162 Å². The Morgan fingerprint density at radius 1 is 0.704 bits per heavy atom. The molecule has 0 aromatic heterocycles. The highest BCUT2D eigenvalue weighted by Gasteiger charge is 2.45. The largest absolute Gasteiger partial charge is 0.469 e. The predicted octanol–water partition coefficient (Wildman–Crippen LogP) is 9.09. The zero-order chi connectivity index (χ0) is 39.7. The monoisotopic (exact) mass is 785 g/mol. The molecule has 0 saturated heterocycles. The van der Waals surface area contributed by atoms with Crippen molar-refractivity contribution in [2.75, 3.05) is 0 Å². The molecule has 0 fully saturated rings. The van der Waals surface area contributed by atoms with E-state index in [2.05, 4.69) is 0 Å². The molecular formula is C41H35F6O5S2-. The second-order valence-corrected chi connectivity index (χ2v) is 17.1. The van der Waals surface area contributed by atoms with E-state index in [-0.39, 0.29) is 5.56 Å². The van der Waals surface area contributed by atoms with Gasteiger partial charge < -0.3 is 4.74 Å². The topological polar surface area (TPSA) is 77.5 Å². The van der Waals surface area contributed by atoms with Gasteiger partial charge in [0.05, 0.1) is 9.84 Å². The lowest BCUT2D eigenvalue weighted by atomic mass is 9.90. The first-order chi connectivity index (χ1) is 25.2. The van der Waals surface area contributed by atoms with E-state index in [9.17, 15) is 43.2 Å². The van der Waals surface area contributed by atoms with Gasteiger partial charge >= 0.3 is 12.2 Å². The van der Waals surface area contributed by atoms with Crippen LogP contribution in [0.4, 0.5) is 26.3 Å². The summed E-state index contributed by atoms with van der Waals surface area (Å²) in [4.78, 5) is -0.565. The highest BCUT2D eigenvalue weighted by atomic mass is 32.3. The maximum atomic E-state index is 13.8. The van der Waals surface area contributed by atoms with Gasteiger partial charge in [-0.2, -0.15) is 33.3 Å². The molecule has 0 radical (unpaired) electrons. The molecule has 1 heterocycles. The highest BCUT2D eigenvalue weighted by Crippen LogP contribution is 2.42. The lowest BCUT2D eigenvalue weighted by Gasteiger charge is -2.29. The minimum Gasteiger partial charge on any atom is -0.456 e. The van der Waals surface area contributed by atoms with Crippen LogP contribution in [0.5, 0.6) is 11.5 Å². The first-order valence-corrected chi connectivity index (χ1v) is 19.4. The van der Waals surface area contributed by atoms with Crippen molar-refractivity contribution in [3.63, 3.8) is 0 Å². The first-order valence-electron chi connectivity index (χ1n) is 16.4. The summed E-state index contributed by atoms with van der Waals surface area (Å²) in [6, 6.07) is 28.7. The summed E-state index contributed by atoms with van der Waals surface area (Å²) < 4.78 is 127. The molecule has 5 aromatic rings. The van der Waals surface area contributed by atoms with E-state index in [1.165, 1.54) is 12.1 Å². The van der Waals surface area contributed by atoms with Crippen molar-refractivity contribution in [2.24, 2.45) is 0 Å². The molecule has 5 aromatic carbocycles. The van der Waals surface area contributed by atoms with Crippen molar-refractivity contribution in [1.82, 2.24) is 0 Å². The fourth-order valence-electron chi connectivity index (χ4n) is 6.36. The molecule has 0 bridgehead atoms. The fourth-order valence-corrected chi connectivity index (χ4v) is 9.43. The minimum absolute atomic E-state index is 0.0454. The van der Waals surface area contributed by atoms with E-state index in [1.54, 1.807) is 18.2 Å². The third-order valence-electron chi connectivity index (χ3n) is 9.20. The molecule has 0 atom stereocenters. The molecular weight excluding hydrogens is 751 g/mol. The second-order valence-electron chi connectivity index (χ2n) is 12.7. The summed E-state index contributed by atoms with van der Waals surface area (Å²) in [5, 5.41) is 1.31. The van der Waals surface area contributed by atoms with Gasteiger partial charge in [-0.1, -0.05) is 77.4 Å². The zero-order valence-corrected chi connectivity index (χ0v) is 31.4. The molecule has 0 unspecified atom stereocenters. The van der Waals surface area contributed by atoms with Gasteiger partial charge in [0, 0.05) is 21.3 Å². The Morgan fingerprint density at radius 2 is 1.28 bits per heavy atom. The van der Waals surface area contributed by atoms with E-state index in [4.69, 9.17) is 4.74 Å². The van der Waals surface area contributed by atoms with Crippen LogP contribution in [0.2, 0.25) is 0 Å². The molecule has 0 amide bonds. The summed E-state index contributed by atoms with van der Waals surface area (Å²) in [7, 11) is -11.3. The van der Waals surface area contributed by atoms with Crippen molar-refractivity contribution in [1.29, 1.82) is 0 Å². The summed E-state index contributed by atoms with van der Waals surface area (Å²) in [6.07, 6.45) is 2.63. The summed E-state index contributed by atoms with van der Waals surface area (Å²) in [6.45, 7) is 4.93. The lowest BCUT2D eigenvalue weighted by Crippen LogP contribution is -2.32. The molecule has 0 saturated carbocycles. The summed E-state index contributed by atoms with van der Waals surface area (Å²) in [5.41, 5.74) is 2.70. The molecule has 284 valence electrons. The van der Waals surface area contributed by atoms with Crippen LogP contribution >= 0.6 is 0 Å². The van der Waals surface area contributed by atoms with Gasteiger partial charge in [-0.05, 0) is 114 Å². The van der Waals surface area contributed by atoms with Crippen LogP contribution in [0.1, 0.15) is 57.0 Å². The van der Waals surface area contributed by atoms with Gasteiger partial charge in [-0.3, -0.25) is 16.8 Å². The molecule has 1 aliphatic heterocycles. The van der Waals surface area contributed by atoms with Crippen LogP contribution in [0.3, 0.4) is 0 Å². The molecule has 0 N–H and O–H groups in total. The molecule has 54 heavy (non-hydrogen) atoms. The van der Waals surface area contributed by atoms with Crippen LogP contribution in [0.25, 0.3) is 11.6 Å². The van der Waals surface area contributed by atoms with E-state index >= 15 is 0 Å². The Bertz CT molecular complexity index is 2540. The van der Waals surface area contributed by atoms with Gasteiger partial charge in [0.1, 0.15) is 21.3 Å². The predicted molar refractivity (Wildman–Crippen MR) is 197 cm³/mol. The molecule has 6 rings (SSSR count). The molecule has 5 nitrogen and oxygen atoms in total. The molecule has 0 spiro atoms. The van der Waals surface area contributed by atoms with E-state index in [1.807, 2.05) is 94.4 Å². The second kappa shape index (κ2) is 15.5. The van der Waals surface area contributed by atoms with Crippen molar-refractivity contribution < 1.29 is 47.9 Å². The molecule has 13 heteroatoms. The number of ether oxygens (including phenoxy) is 1. The van der Waals surface area contributed by atoms with Crippen molar-refractivity contribution in [3.8, 4) is 11.5 Å². The Labute approximate surface area is 310 Å².